The molecule has 0 aliphatic carbocycles. The van der Waals surface area contributed by atoms with Crippen LogP contribution >= 0.6 is 0 Å². The SMILES string of the molecule is CC(N)C(O)NCC(F)F. The van der Waals surface area contributed by atoms with Gasteiger partial charge < -0.3 is 10.8 Å². The number of aliphatic hydroxyl groups is 1. The van der Waals surface area contributed by atoms with E-state index in [0.29, 0.717) is 0 Å². The van der Waals surface area contributed by atoms with Crippen molar-refractivity contribution >= 4 is 0 Å². The van der Waals surface area contributed by atoms with Crippen molar-refractivity contribution in [2.24, 2.45) is 5.73 Å². The lowest BCUT2D eigenvalue weighted by atomic mass is 10.3. The van der Waals surface area contributed by atoms with Crippen molar-refractivity contribution in [3.05, 3.63) is 0 Å². The molecule has 0 fully saturated rings. The van der Waals surface area contributed by atoms with Crippen LogP contribution in [0.3, 0.4) is 0 Å². The highest BCUT2D eigenvalue weighted by molar-refractivity contribution is 4.63. The maximum Gasteiger partial charge on any atom is 0.250 e. The van der Waals surface area contributed by atoms with Crippen LogP contribution in [0.1, 0.15) is 6.92 Å². The molecule has 62 valence electrons. The zero-order chi connectivity index (χ0) is 8.15. The summed E-state index contributed by atoms with van der Waals surface area (Å²) in [7, 11) is 0. The Labute approximate surface area is 58.2 Å². The molecule has 0 amide bonds. The van der Waals surface area contributed by atoms with Gasteiger partial charge in [0.1, 0.15) is 6.23 Å². The molecule has 0 saturated heterocycles. The van der Waals surface area contributed by atoms with Crippen LogP contribution in [0.4, 0.5) is 8.78 Å². The summed E-state index contributed by atoms with van der Waals surface area (Å²) in [6.45, 7) is 1.01. The molecule has 0 aromatic carbocycles. The maximum absolute atomic E-state index is 11.4. The average molecular weight is 154 g/mol. The smallest absolute Gasteiger partial charge is 0.250 e. The fourth-order valence-electron chi connectivity index (χ4n) is 0.396. The molecule has 10 heavy (non-hydrogen) atoms. The molecule has 5 heteroatoms. The first-order valence-electron chi connectivity index (χ1n) is 2.99. The summed E-state index contributed by atoms with van der Waals surface area (Å²) in [5.41, 5.74) is 5.16. The lowest BCUT2D eigenvalue weighted by molar-refractivity contribution is 0.0765. The largest absolute Gasteiger partial charge is 0.377 e. The van der Waals surface area contributed by atoms with Crippen molar-refractivity contribution < 1.29 is 13.9 Å². The Hall–Kier alpha value is -0.260. The van der Waals surface area contributed by atoms with Gasteiger partial charge >= 0.3 is 0 Å². The Balaban J connectivity index is 3.30. The van der Waals surface area contributed by atoms with Gasteiger partial charge in [-0.3, -0.25) is 5.32 Å². The number of nitrogens with two attached hydrogens (primary N) is 1. The zero-order valence-corrected chi connectivity index (χ0v) is 5.72. The molecule has 0 bridgehead atoms. The van der Waals surface area contributed by atoms with E-state index in [-0.39, 0.29) is 0 Å². The van der Waals surface area contributed by atoms with E-state index in [1.807, 2.05) is 0 Å². The number of hydrogen-bond donors (Lipinski definition) is 3. The minimum Gasteiger partial charge on any atom is -0.377 e. The predicted octanol–water partition coefficient (Wildman–Crippen LogP) is -0.493. The summed E-state index contributed by atoms with van der Waals surface area (Å²) in [5.74, 6) is 0. The second-order valence-electron chi connectivity index (χ2n) is 2.10. The number of rotatable bonds is 4. The van der Waals surface area contributed by atoms with Gasteiger partial charge in [-0.05, 0) is 6.92 Å². The minimum atomic E-state index is -2.45. The van der Waals surface area contributed by atoms with Gasteiger partial charge in [-0.2, -0.15) is 0 Å². The summed E-state index contributed by atoms with van der Waals surface area (Å²) in [5, 5.41) is 11.0. The molecule has 0 rings (SSSR count). The zero-order valence-electron chi connectivity index (χ0n) is 5.72. The van der Waals surface area contributed by atoms with E-state index in [2.05, 4.69) is 5.32 Å². The second kappa shape index (κ2) is 4.54. The minimum absolute atomic E-state index is 0.525. The normalized spacial score (nSPS) is 17.4. The standard InChI is InChI=1S/C5H12F2N2O/c1-3(8)5(10)9-2-4(6)7/h3-5,9-10H,2,8H2,1H3. The molecule has 0 aliphatic rings. The highest BCUT2D eigenvalue weighted by Gasteiger charge is 2.10. The molecule has 4 N–H and O–H groups in total. The quantitative estimate of drug-likeness (QED) is 0.479. The van der Waals surface area contributed by atoms with Gasteiger partial charge in [-0.1, -0.05) is 0 Å². The second-order valence-corrected chi connectivity index (χ2v) is 2.10. The van der Waals surface area contributed by atoms with Crippen molar-refractivity contribution in [2.75, 3.05) is 6.54 Å². The Morgan fingerprint density at radius 1 is 1.60 bits per heavy atom. The summed E-state index contributed by atoms with van der Waals surface area (Å²) >= 11 is 0. The van der Waals surface area contributed by atoms with Crippen molar-refractivity contribution in [1.82, 2.24) is 5.32 Å². The van der Waals surface area contributed by atoms with Crippen LogP contribution < -0.4 is 11.1 Å². The van der Waals surface area contributed by atoms with Crippen LogP contribution in [-0.2, 0) is 0 Å². The summed E-state index contributed by atoms with van der Waals surface area (Å²) < 4.78 is 22.9. The van der Waals surface area contributed by atoms with Gasteiger partial charge in [0.15, 0.2) is 0 Å². The van der Waals surface area contributed by atoms with E-state index in [1.54, 1.807) is 0 Å². The molecular weight excluding hydrogens is 142 g/mol. The molecule has 0 saturated carbocycles. The molecule has 0 aliphatic heterocycles. The van der Waals surface area contributed by atoms with Crippen molar-refractivity contribution in [3.63, 3.8) is 0 Å². The Morgan fingerprint density at radius 3 is 2.40 bits per heavy atom. The highest BCUT2D eigenvalue weighted by Crippen LogP contribution is 1.90. The third kappa shape index (κ3) is 4.60. The first-order valence-corrected chi connectivity index (χ1v) is 2.99. The van der Waals surface area contributed by atoms with Crippen LogP contribution in [0.2, 0.25) is 0 Å². The Morgan fingerprint density at radius 2 is 2.10 bits per heavy atom. The first kappa shape index (κ1) is 9.74. The van der Waals surface area contributed by atoms with E-state index in [9.17, 15) is 8.78 Å². The van der Waals surface area contributed by atoms with Gasteiger partial charge in [0.25, 0.3) is 6.43 Å². The van der Waals surface area contributed by atoms with E-state index < -0.39 is 25.2 Å². The van der Waals surface area contributed by atoms with E-state index >= 15 is 0 Å². The molecule has 0 aromatic heterocycles. The number of nitrogens with one attached hydrogen (secondary N) is 1. The van der Waals surface area contributed by atoms with Gasteiger partial charge in [-0.15, -0.1) is 0 Å². The Bertz CT molecular complexity index is 89.7. The summed E-state index contributed by atoms with van der Waals surface area (Å²) in [6.07, 6.45) is -3.50. The lowest BCUT2D eigenvalue weighted by Gasteiger charge is -2.15. The van der Waals surface area contributed by atoms with Crippen molar-refractivity contribution in [3.8, 4) is 0 Å². The fraction of sp³-hybridized carbons (Fsp3) is 1.00. The van der Waals surface area contributed by atoms with Gasteiger partial charge in [0.05, 0.1) is 6.54 Å². The molecular formula is C5H12F2N2O. The van der Waals surface area contributed by atoms with E-state index in [1.165, 1.54) is 6.92 Å². The molecule has 2 unspecified atom stereocenters. The van der Waals surface area contributed by atoms with Gasteiger partial charge in [-0.25, -0.2) is 8.78 Å². The fourth-order valence-corrected chi connectivity index (χ4v) is 0.396. The van der Waals surface area contributed by atoms with Crippen LogP contribution in [0.25, 0.3) is 0 Å². The third-order valence-electron chi connectivity index (χ3n) is 0.979. The third-order valence-corrected chi connectivity index (χ3v) is 0.979. The number of aliphatic hydroxyl groups excluding tert-OH is 1. The molecule has 3 nitrogen and oxygen atoms in total. The van der Waals surface area contributed by atoms with E-state index in [4.69, 9.17) is 10.8 Å². The molecule has 0 radical (unpaired) electrons. The monoisotopic (exact) mass is 154 g/mol. The van der Waals surface area contributed by atoms with Crippen LogP contribution in [0, 0.1) is 0 Å². The van der Waals surface area contributed by atoms with Crippen LogP contribution in [-0.4, -0.2) is 30.3 Å². The van der Waals surface area contributed by atoms with Crippen LogP contribution in [0.15, 0.2) is 0 Å². The van der Waals surface area contributed by atoms with Gasteiger partial charge in [0, 0.05) is 6.04 Å². The first-order chi connectivity index (χ1) is 4.54. The van der Waals surface area contributed by atoms with Crippen LogP contribution in [0.5, 0.6) is 0 Å². The van der Waals surface area contributed by atoms with Crippen molar-refractivity contribution in [2.45, 2.75) is 25.6 Å². The maximum atomic E-state index is 11.4. The highest BCUT2D eigenvalue weighted by atomic mass is 19.3. The topological polar surface area (TPSA) is 58.3 Å². The molecule has 0 aromatic rings. The predicted molar refractivity (Wildman–Crippen MR) is 33.7 cm³/mol. The number of alkyl halides is 2. The number of hydrogen-bond acceptors (Lipinski definition) is 3. The molecule has 0 heterocycles. The van der Waals surface area contributed by atoms with E-state index in [0.717, 1.165) is 0 Å². The average Bonchev–Trinajstić information content (AvgIpc) is 1.82. The molecule has 0 spiro atoms. The Kier molecular flexibility index (Phi) is 4.42. The number of halogens is 2. The summed E-state index contributed by atoms with van der Waals surface area (Å²) in [4.78, 5) is 0. The summed E-state index contributed by atoms with van der Waals surface area (Å²) in [6, 6.07) is -0.529. The van der Waals surface area contributed by atoms with Crippen molar-refractivity contribution in [1.29, 1.82) is 0 Å². The lowest BCUT2D eigenvalue weighted by Crippen LogP contribution is -2.44. The molecule has 2 atom stereocenters. The van der Waals surface area contributed by atoms with Gasteiger partial charge in [0.2, 0.25) is 0 Å².